The first kappa shape index (κ1) is 18.3. The van der Waals surface area contributed by atoms with Crippen LogP contribution in [-0.4, -0.2) is 18.7 Å². The van der Waals surface area contributed by atoms with Crippen LogP contribution < -0.4 is 10.2 Å². The van der Waals surface area contributed by atoms with E-state index in [1.165, 1.54) is 0 Å². The molecule has 1 N–H and O–H groups in total. The standard InChI is InChI=1S/C18H18Cl2N2O2/c1-13-4-2-5-14(10-13)12-21-22-18(23)6-3-9-24-17-8-7-15(19)11-16(17)20/h2,4-5,7-8,10-12H,3,6,9H2,1H3,(H,22,23)/b21-12+. The summed E-state index contributed by atoms with van der Waals surface area (Å²) in [6.07, 6.45) is 2.50. The first-order valence-corrected chi connectivity index (χ1v) is 8.26. The third-order valence-electron chi connectivity index (χ3n) is 3.14. The van der Waals surface area contributed by atoms with Gasteiger partial charge < -0.3 is 4.74 Å². The van der Waals surface area contributed by atoms with Crippen molar-refractivity contribution in [2.75, 3.05) is 6.61 Å². The Morgan fingerprint density at radius 1 is 1.25 bits per heavy atom. The van der Waals surface area contributed by atoms with Crippen molar-refractivity contribution in [3.8, 4) is 5.75 Å². The van der Waals surface area contributed by atoms with Gasteiger partial charge in [-0.05, 0) is 37.1 Å². The van der Waals surface area contributed by atoms with E-state index < -0.39 is 0 Å². The zero-order valence-corrected chi connectivity index (χ0v) is 14.8. The third kappa shape index (κ3) is 6.22. The van der Waals surface area contributed by atoms with Crippen molar-refractivity contribution >= 4 is 35.3 Å². The summed E-state index contributed by atoms with van der Waals surface area (Å²) in [6, 6.07) is 12.9. The predicted molar refractivity (Wildman–Crippen MR) is 98.1 cm³/mol. The van der Waals surface area contributed by atoms with E-state index in [0.29, 0.717) is 35.2 Å². The van der Waals surface area contributed by atoms with Gasteiger partial charge in [-0.1, -0.05) is 53.0 Å². The molecule has 126 valence electrons. The molecule has 0 spiro atoms. The largest absolute Gasteiger partial charge is 0.492 e. The minimum Gasteiger partial charge on any atom is -0.492 e. The van der Waals surface area contributed by atoms with Crippen molar-refractivity contribution in [1.29, 1.82) is 0 Å². The molecule has 0 aromatic heterocycles. The van der Waals surface area contributed by atoms with Gasteiger partial charge in [0.25, 0.3) is 0 Å². The zero-order valence-electron chi connectivity index (χ0n) is 13.3. The Kier molecular flexibility index (Phi) is 7.09. The molecule has 0 saturated carbocycles. The highest BCUT2D eigenvalue weighted by Crippen LogP contribution is 2.27. The minimum atomic E-state index is -0.162. The number of nitrogens with zero attached hydrogens (tertiary/aromatic N) is 1. The number of rotatable bonds is 7. The number of nitrogens with one attached hydrogen (secondary N) is 1. The van der Waals surface area contributed by atoms with Gasteiger partial charge in [0.15, 0.2) is 0 Å². The maximum atomic E-state index is 11.7. The fourth-order valence-electron chi connectivity index (χ4n) is 1.99. The zero-order chi connectivity index (χ0) is 17.4. The first-order valence-electron chi connectivity index (χ1n) is 7.51. The molecule has 0 aliphatic rings. The Labute approximate surface area is 151 Å². The van der Waals surface area contributed by atoms with Gasteiger partial charge in [-0.25, -0.2) is 5.43 Å². The number of benzene rings is 2. The van der Waals surface area contributed by atoms with Gasteiger partial charge in [-0.15, -0.1) is 0 Å². The number of halogens is 2. The molecule has 0 fully saturated rings. The van der Waals surface area contributed by atoms with Crippen LogP contribution in [0.5, 0.6) is 5.75 Å². The third-order valence-corrected chi connectivity index (χ3v) is 3.68. The summed E-state index contributed by atoms with van der Waals surface area (Å²) in [7, 11) is 0. The molecule has 2 aromatic rings. The van der Waals surface area contributed by atoms with Crippen molar-refractivity contribution in [3.05, 3.63) is 63.6 Å². The number of aryl methyl sites for hydroxylation is 1. The predicted octanol–water partition coefficient (Wildman–Crippen LogP) is 4.61. The molecule has 0 atom stereocenters. The lowest BCUT2D eigenvalue weighted by molar-refractivity contribution is -0.121. The quantitative estimate of drug-likeness (QED) is 0.443. The van der Waals surface area contributed by atoms with Crippen LogP contribution in [0.3, 0.4) is 0 Å². The van der Waals surface area contributed by atoms with Crippen LogP contribution in [0.1, 0.15) is 24.0 Å². The molecule has 24 heavy (non-hydrogen) atoms. The average molecular weight is 365 g/mol. The van der Waals surface area contributed by atoms with Crippen molar-refractivity contribution in [1.82, 2.24) is 5.43 Å². The molecule has 0 aliphatic carbocycles. The van der Waals surface area contributed by atoms with E-state index in [1.807, 2.05) is 31.2 Å². The topological polar surface area (TPSA) is 50.7 Å². The highest BCUT2D eigenvalue weighted by molar-refractivity contribution is 6.35. The fourth-order valence-corrected chi connectivity index (χ4v) is 2.46. The van der Waals surface area contributed by atoms with E-state index in [2.05, 4.69) is 10.5 Å². The summed E-state index contributed by atoms with van der Waals surface area (Å²) < 4.78 is 5.52. The van der Waals surface area contributed by atoms with Crippen molar-refractivity contribution < 1.29 is 9.53 Å². The SMILES string of the molecule is Cc1cccc(/C=N/NC(=O)CCCOc2ccc(Cl)cc2Cl)c1. The molecule has 0 unspecified atom stereocenters. The van der Waals surface area contributed by atoms with Crippen LogP contribution in [0.4, 0.5) is 0 Å². The summed E-state index contributed by atoms with van der Waals surface area (Å²) in [5, 5.41) is 4.95. The second-order valence-electron chi connectivity index (χ2n) is 5.23. The normalized spacial score (nSPS) is 10.8. The summed E-state index contributed by atoms with van der Waals surface area (Å²) in [6.45, 7) is 2.39. The fraction of sp³-hybridized carbons (Fsp3) is 0.222. The number of hydrazone groups is 1. The van der Waals surface area contributed by atoms with Gasteiger partial charge in [-0.3, -0.25) is 4.79 Å². The highest BCUT2D eigenvalue weighted by Gasteiger charge is 2.04. The van der Waals surface area contributed by atoms with E-state index in [0.717, 1.165) is 11.1 Å². The molecule has 0 heterocycles. The van der Waals surface area contributed by atoms with Gasteiger partial charge >= 0.3 is 0 Å². The van der Waals surface area contributed by atoms with E-state index in [9.17, 15) is 4.79 Å². The lowest BCUT2D eigenvalue weighted by atomic mass is 10.2. The smallest absolute Gasteiger partial charge is 0.240 e. The van der Waals surface area contributed by atoms with Gasteiger partial charge in [0.1, 0.15) is 5.75 Å². The van der Waals surface area contributed by atoms with E-state index in [4.69, 9.17) is 27.9 Å². The number of carbonyl (C=O) groups is 1. The van der Waals surface area contributed by atoms with Crippen LogP contribution in [0.15, 0.2) is 47.6 Å². The summed E-state index contributed by atoms with van der Waals surface area (Å²) in [4.78, 5) is 11.7. The average Bonchev–Trinajstić information content (AvgIpc) is 2.53. The van der Waals surface area contributed by atoms with Gasteiger partial charge in [0.2, 0.25) is 5.91 Å². The Morgan fingerprint density at radius 3 is 2.83 bits per heavy atom. The summed E-state index contributed by atoms with van der Waals surface area (Å²) >= 11 is 11.8. The molecular weight excluding hydrogens is 347 g/mol. The van der Waals surface area contributed by atoms with Crippen molar-refractivity contribution in [2.24, 2.45) is 5.10 Å². The maximum Gasteiger partial charge on any atom is 0.240 e. The van der Waals surface area contributed by atoms with Crippen LogP contribution in [0, 0.1) is 6.92 Å². The molecule has 6 heteroatoms. The van der Waals surface area contributed by atoms with Gasteiger partial charge in [-0.2, -0.15) is 5.10 Å². The van der Waals surface area contributed by atoms with Gasteiger partial charge in [0.05, 0.1) is 17.8 Å². The lowest BCUT2D eigenvalue weighted by Crippen LogP contribution is -2.18. The Morgan fingerprint density at radius 2 is 2.08 bits per heavy atom. The van der Waals surface area contributed by atoms with Crippen molar-refractivity contribution in [2.45, 2.75) is 19.8 Å². The molecule has 0 radical (unpaired) electrons. The van der Waals surface area contributed by atoms with Crippen LogP contribution in [0.2, 0.25) is 10.0 Å². The highest BCUT2D eigenvalue weighted by atomic mass is 35.5. The van der Waals surface area contributed by atoms with Gasteiger partial charge in [0, 0.05) is 11.4 Å². The monoisotopic (exact) mass is 364 g/mol. The molecule has 0 aliphatic heterocycles. The maximum absolute atomic E-state index is 11.7. The number of hydrogen-bond donors (Lipinski definition) is 1. The second-order valence-corrected chi connectivity index (χ2v) is 6.08. The van der Waals surface area contributed by atoms with E-state index in [1.54, 1.807) is 24.4 Å². The number of ether oxygens (including phenoxy) is 1. The summed E-state index contributed by atoms with van der Waals surface area (Å²) in [5.41, 5.74) is 4.58. The molecule has 0 saturated heterocycles. The lowest BCUT2D eigenvalue weighted by Gasteiger charge is -2.07. The van der Waals surface area contributed by atoms with E-state index in [-0.39, 0.29) is 5.91 Å². The van der Waals surface area contributed by atoms with Crippen LogP contribution in [-0.2, 0) is 4.79 Å². The molecule has 2 aromatic carbocycles. The molecule has 4 nitrogen and oxygen atoms in total. The van der Waals surface area contributed by atoms with Crippen LogP contribution in [0.25, 0.3) is 0 Å². The molecule has 1 amide bonds. The minimum absolute atomic E-state index is 0.162. The Balaban J connectivity index is 1.68. The first-order chi connectivity index (χ1) is 11.5. The molecular formula is C18H18Cl2N2O2. The summed E-state index contributed by atoms with van der Waals surface area (Å²) in [5.74, 6) is 0.392. The van der Waals surface area contributed by atoms with Crippen molar-refractivity contribution in [3.63, 3.8) is 0 Å². The van der Waals surface area contributed by atoms with Crippen LogP contribution >= 0.6 is 23.2 Å². The Hall–Kier alpha value is -2.04. The number of carbonyl (C=O) groups excluding carboxylic acids is 1. The molecule has 2 rings (SSSR count). The number of amides is 1. The second kappa shape index (κ2) is 9.30. The molecule has 0 bridgehead atoms. The Bertz CT molecular complexity index is 733. The van der Waals surface area contributed by atoms with E-state index >= 15 is 0 Å². The number of hydrogen-bond acceptors (Lipinski definition) is 3.